The average molecular weight is 425 g/mol. The summed E-state index contributed by atoms with van der Waals surface area (Å²) >= 11 is -0.644. The summed E-state index contributed by atoms with van der Waals surface area (Å²) in [6.45, 7) is 1.22. The maximum absolute atomic E-state index is 10.2. The van der Waals surface area contributed by atoms with Crippen LogP contribution in [0.3, 0.4) is 0 Å². The third kappa shape index (κ3) is 5.68. The fraction of sp³-hybridized carbons (Fsp3) is 0.688. The van der Waals surface area contributed by atoms with Crippen LogP contribution in [0.1, 0.15) is 62.3 Å². The first-order chi connectivity index (χ1) is 10.7. The summed E-state index contributed by atoms with van der Waals surface area (Å²) < 4.78 is 1.68. The van der Waals surface area contributed by atoms with Crippen molar-refractivity contribution in [1.82, 2.24) is 4.98 Å². The average Bonchev–Trinajstić information content (AvgIpc) is 2.54. The maximum atomic E-state index is 10.2. The molecule has 0 saturated heterocycles. The van der Waals surface area contributed by atoms with E-state index in [1.165, 1.54) is 32.1 Å². The molecule has 0 spiro atoms. The Labute approximate surface area is 142 Å². The number of nitrogens with zero attached hydrogens (tertiary/aromatic N) is 1. The molecule has 4 N–H and O–H groups in total. The molecule has 1 aromatic heterocycles. The Kier molecular flexibility index (Phi) is 10.0. The molecule has 0 bridgehead atoms. The van der Waals surface area contributed by atoms with Crippen molar-refractivity contribution in [3.8, 4) is 5.75 Å². The van der Waals surface area contributed by atoms with Crippen molar-refractivity contribution in [2.45, 2.75) is 69.7 Å². The molecule has 0 saturated carbocycles. The second-order valence-electron chi connectivity index (χ2n) is 5.26. The summed E-state index contributed by atoms with van der Waals surface area (Å²) in [5, 5.41) is 38.3. The van der Waals surface area contributed by atoms with Crippen molar-refractivity contribution in [1.29, 1.82) is 0 Å². The second-order valence-corrected chi connectivity index (χ2v) is 8.35. The van der Waals surface area contributed by atoms with Gasteiger partial charge < -0.3 is 0 Å². The summed E-state index contributed by atoms with van der Waals surface area (Å²) in [6, 6.07) is 0. The monoisotopic (exact) mass is 427 g/mol. The number of aliphatic hydroxyl groups excluding tert-OH is 3. The Morgan fingerprint density at radius 1 is 0.864 bits per heavy atom. The molecule has 0 amide bonds. The van der Waals surface area contributed by atoms with Crippen molar-refractivity contribution in [2.75, 3.05) is 0 Å². The van der Waals surface area contributed by atoms with Gasteiger partial charge in [-0.2, -0.15) is 0 Å². The summed E-state index contributed by atoms with van der Waals surface area (Å²) in [6.07, 6.45) is 7.43. The van der Waals surface area contributed by atoms with Gasteiger partial charge in [-0.25, -0.2) is 0 Å². The number of aromatic nitrogens is 1. The Morgan fingerprint density at radius 2 is 1.50 bits per heavy atom. The van der Waals surface area contributed by atoms with Gasteiger partial charge >= 0.3 is 142 Å². The molecule has 0 aromatic carbocycles. The molecule has 0 aliphatic carbocycles. The van der Waals surface area contributed by atoms with Crippen molar-refractivity contribution in [3.05, 3.63) is 16.8 Å². The zero-order chi connectivity index (χ0) is 16.4. The number of unbranched alkanes of at least 4 members (excludes halogenated alkanes) is 5. The molecule has 1 heterocycles. The molecule has 0 fully saturated rings. The van der Waals surface area contributed by atoms with Crippen molar-refractivity contribution >= 4 is 24.7 Å². The molecular formula is C16H27NO4Te. The van der Waals surface area contributed by atoms with Crippen molar-refractivity contribution in [3.63, 3.8) is 0 Å². The summed E-state index contributed by atoms with van der Waals surface area (Å²) in [4.78, 5) is 4.30. The molecule has 0 unspecified atom stereocenters. The molecule has 0 aliphatic heterocycles. The van der Waals surface area contributed by atoms with E-state index in [9.17, 15) is 20.4 Å². The Balaban J connectivity index is 2.63. The van der Waals surface area contributed by atoms with Gasteiger partial charge in [-0.05, 0) is 0 Å². The van der Waals surface area contributed by atoms with Gasteiger partial charge in [0.15, 0.2) is 0 Å². The molecule has 1 rings (SSSR count). The van der Waals surface area contributed by atoms with E-state index in [4.69, 9.17) is 0 Å². The molecule has 1 aromatic rings. The zero-order valence-electron chi connectivity index (χ0n) is 13.2. The number of rotatable bonds is 11. The van der Waals surface area contributed by atoms with Crippen molar-refractivity contribution < 1.29 is 20.4 Å². The predicted molar refractivity (Wildman–Crippen MR) is 87.2 cm³/mol. The van der Waals surface area contributed by atoms with Gasteiger partial charge in [0.05, 0.1) is 0 Å². The van der Waals surface area contributed by atoms with E-state index >= 15 is 0 Å². The van der Waals surface area contributed by atoms with Crippen LogP contribution >= 0.6 is 0 Å². The molecule has 5 nitrogen and oxygen atoms in total. The van der Waals surface area contributed by atoms with Gasteiger partial charge in [-0.3, -0.25) is 0 Å². The molecule has 6 heteroatoms. The predicted octanol–water partition coefficient (Wildman–Crippen LogP) is 1.37. The van der Waals surface area contributed by atoms with E-state index in [0.29, 0.717) is 20.6 Å². The zero-order valence-corrected chi connectivity index (χ0v) is 15.5. The molecule has 126 valence electrons. The van der Waals surface area contributed by atoms with Crippen LogP contribution in [0, 0.1) is 0 Å². The number of pyridine rings is 1. The third-order valence-corrected chi connectivity index (χ3v) is 6.64. The SMILES string of the molecule is CCCCCCCC[Te]c1nc(CO)c(CO)c(CO)c1O. The summed E-state index contributed by atoms with van der Waals surface area (Å²) in [7, 11) is 0. The van der Waals surface area contributed by atoms with Gasteiger partial charge in [-0.15, -0.1) is 0 Å². The second kappa shape index (κ2) is 11.2. The fourth-order valence-corrected chi connectivity index (χ4v) is 5.12. The molecular weight excluding hydrogens is 398 g/mol. The molecule has 0 atom stereocenters. The van der Waals surface area contributed by atoms with E-state index in [2.05, 4.69) is 11.9 Å². The molecule has 0 aliphatic rings. The number of hydrogen-bond acceptors (Lipinski definition) is 5. The Morgan fingerprint density at radius 3 is 2.09 bits per heavy atom. The minimum absolute atomic E-state index is 0.0112. The summed E-state index contributed by atoms with van der Waals surface area (Å²) in [5.41, 5.74) is 1.02. The Bertz CT molecular complexity index is 454. The first-order valence-corrected chi connectivity index (χ1v) is 10.7. The summed E-state index contributed by atoms with van der Waals surface area (Å²) in [5.74, 6) is 0.0112. The normalized spacial score (nSPS) is 11.1. The van der Waals surface area contributed by atoms with Crippen LogP contribution in [0.15, 0.2) is 0 Å². The number of hydrogen-bond donors (Lipinski definition) is 4. The topological polar surface area (TPSA) is 93.8 Å². The fourth-order valence-electron chi connectivity index (χ4n) is 2.33. The number of aromatic hydroxyl groups is 1. The quantitative estimate of drug-likeness (QED) is 0.318. The van der Waals surface area contributed by atoms with Crippen LogP contribution in [0.4, 0.5) is 0 Å². The van der Waals surface area contributed by atoms with Gasteiger partial charge in [-0.1, -0.05) is 0 Å². The van der Waals surface area contributed by atoms with Crippen LogP contribution in [0.2, 0.25) is 4.47 Å². The van der Waals surface area contributed by atoms with E-state index in [1.54, 1.807) is 0 Å². The van der Waals surface area contributed by atoms with E-state index in [-0.39, 0.29) is 25.6 Å². The Hall–Kier alpha value is -0.380. The van der Waals surface area contributed by atoms with Crippen LogP contribution < -0.4 is 3.74 Å². The molecule has 22 heavy (non-hydrogen) atoms. The van der Waals surface area contributed by atoms with Crippen LogP contribution in [0.5, 0.6) is 5.75 Å². The first kappa shape index (κ1) is 19.7. The standard InChI is InChI=1S/C16H27NO4Te/c1-2-3-4-5-6-7-8-22-16-15(21)13(10-19)12(9-18)14(11-20)17-16/h18-21H,2-11H2,1H3. The first-order valence-electron chi connectivity index (χ1n) is 7.88. The minimum atomic E-state index is -0.644. The van der Waals surface area contributed by atoms with Crippen molar-refractivity contribution in [2.24, 2.45) is 0 Å². The van der Waals surface area contributed by atoms with Gasteiger partial charge in [0.2, 0.25) is 0 Å². The van der Waals surface area contributed by atoms with Crippen LogP contribution in [0.25, 0.3) is 0 Å². The van der Waals surface area contributed by atoms with Crippen LogP contribution in [-0.4, -0.2) is 46.3 Å². The van der Waals surface area contributed by atoms with E-state index < -0.39 is 20.9 Å². The van der Waals surface area contributed by atoms with Crippen LogP contribution in [-0.2, 0) is 19.8 Å². The molecule has 0 radical (unpaired) electrons. The van der Waals surface area contributed by atoms with E-state index in [1.807, 2.05) is 0 Å². The van der Waals surface area contributed by atoms with Gasteiger partial charge in [0, 0.05) is 0 Å². The third-order valence-electron chi connectivity index (χ3n) is 3.64. The van der Waals surface area contributed by atoms with Gasteiger partial charge in [0.1, 0.15) is 0 Å². The van der Waals surface area contributed by atoms with Gasteiger partial charge in [0.25, 0.3) is 0 Å². The number of aliphatic hydroxyl groups is 3. The van der Waals surface area contributed by atoms with E-state index in [0.717, 1.165) is 10.9 Å².